The van der Waals surface area contributed by atoms with E-state index in [-0.39, 0.29) is 5.82 Å². The van der Waals surface area contributed by atoms with Crippen LogP contribution in [0.3, 0.4) is 0 Å². The van der Waals surface area contributed by atoms with Gasteiger partial charge in [-0.3, -0.25) is 0 Å². The van der Waals surface area contributed by atoms with Crippen LogP contribution in [0.5, 0.6) is 0 Å². The molecule has 5 heteroatoms. The minimum Gasteiger partial charge on any atom is -0.350 e. The highest BCUT2D eigenvalue weighted by molar-refractivity contribution is 9.09. The van der Waals surface area contributed by atoms with Crippen LogP contribution in [0, 0.1) is 11.6 Å². The molecular weight excluding hydrogens is 290 g/mol. The normalized spacial score (nSPS) is 16.4. The van der Waals surface area contributed by atoms with Crippen molar-refractivity contribution in [2.75, 3.05) is 16.8 Å². The van der Waals surface area contributed by atoms with Crippen molar-refractivity contribution in [3.8, 4) is 0 Å². The Morgan fingerprint density at radius 1 is 1.35 bits per heavy atom. The van der Waals surface area contributed by atoms with Crippen molar-refractivity contribution in [1.29, 1.82) is 0 Å². The number of pyridine rings is 1. The van der Waals surface area contributed by atoms with E-state index in [0.717, 1.165) is 30.4 Å². The fourth-order valence-corrected chi connectivity index (χ4v) is 2.77. The summed E-state index contributed by atoms with van der Waals surface area (Å²) in [6.45, 7) is 0.695. The zero-order chi connectivity index (χ0) is 12.3. The van der Waals surface area contributed by atoms with Crippen molar-refractivity contribution in [2.24, 2.45) is 0 Å². The Morgan fingerprint density at radius 3 is 2.65 bits per heavy atom. The average Bonchev–Trinajstić information content (AvgIpc) is 2.80. The third kappa shape index (κ3) is 2.94. The third-order valence-corrected chi connectivity index (χ3v) is 3.51. The summed E-state index contributed by atoms with van der Waals surface area (Å²) in [5.41, 5.74) is 0. The van der Waals surface area contributed by atoms with Crippen LogP contribution >= 0.6 is 15.9 Å². The van der Waals surface area contributed by atoms with E-state index in [4.69, 9.17) is 0 Å². The smallest absolute Gasteiger partial charge is 0.168 e. The standard InChI is InChI=1S/C12H15BrF2N2/c13-5-6-17(10-3-1-2-4-10)12-11(15)7-9(14)8-16-12/h7-8,10H,1-6H2. The second kappa shape index (κ2) is 5.76. The second-order valence-corrected chi connectivity index (χ2v) is 5.07. The first kappa shape index (κ1) is 12.7. The van der Waals surface area contributed by atoms with Gasteiger partial charge in [-0.2, -0.15) is 0 Å². The van der Waals surface area contributed by atoms with E-state index in [0.29, 0.717) is 12.6 Å². The summed E-state index contributed by atoms with van der Waals surface area (Å²) in [7, 11) is 0. The van der Waals surface area contributed by atoms with E-state index in [1.807, 2.05) is 4.90 Å². The number of alkyl halides is 1. The van der Waals surface area contributed by atoms with Gasteiger partial charge in [-0.15, -0.1) is 0 Å². The molecular formula is C12H15BrF2N2. The third-order valence-electron chi connectivity index (χ3n) is 3.15. The summed E-state index contributed by atoms with van der Waals surface area (Å²) in [5, 5.41) is 0.752. The summed E-state index contributed by atoms with van der Waals surface area (Å²) in [6, 6.07) is 1.23. The Bertz CT molecular complexity index is 381. The van der Waals surface area contributed by atoms with Crippen LogP contribution in [0.1, 0.15) is 25.7 Å². The topological polar surface area (TPSA) is 16.1 Å². The van der Waals surface area contributed by atoms with E-state index < -0.39 is 11.6 Å². The molecule has 1 fully saturated rings. The highest BCUT2D eigenvalue weighted by atomic mass is 79.9. The molecule has 0 atom stereocenters. The zero-order valence-corrected chi connectivity index (χ0v) is 11.1. The lowest BCUT2D eigenvalue weighted by atomic mass is 10.2. The quantitative estimate of drug-likeness (QED) is 0.792. The molecule has 17 heavy (non-hydrogen) atoms. The average molecular weight is 305 g/mol. The molecule has 0 radical (unpaired) electrons. The summed E-state index contributed by atoms with van der Waals surface area (Å²) < 4.78 is 26.6. The predicted octanol–water partition coefficient (Wildman–Crippen LogP) is 3.50. The minimum absolute atomic E-state index is 0.276. The van der Waals surface area contributed by atoms with E-state index in [2.05, 4.69) is 20.9 Å². The monoisotopic (exact) mass is 304 g/mol. The molecule has 1 aromatic rings. The van der Waals surface area contributed by atoms with Gasteiger partial charge < -0.3 is 4.90 Å². The number of hydrogen-bond acceptors (Lipinski definition) is 2. The molecule has 0 spiro atoms. The van der Waals surface area contributed by atoms with E-state index >= 15 is 0 Å². The van der Waals surface area contributed by atoms with Crippen LogP contribution in [0.25, 0.3) is 0 Å². The van der Waals surface area contributed by atoms with Crippen molar-refractivity contribution < 1.29 is 8.78 Å². The van der Waals surface area contributed by atoms with Crippen LogP contribution < -0.4 is 4.90 Å². The Balaban J connectivity index is 2.24. The lowest BCUT2D eigenvalue weighted by molar-refractivity contribution is 0.547. The van der Waals surface area contributed by atoms with Crippen LogP contribution in [-0.4, -0.2) is 22.9 Å². The largest absolute Gasteiger partial charge is 0.350 e. The van der Waals surface area contributed by atoms with Gasteiger partial charge in [0.2, 0.25) is 0 Å². The Kier molecular flexibility index (Phi) is 4.31. The van der Waals surface area contributed by atoms with Crippen molar-refractivity contribution in [3.63, 3.8) is 0 Å². The van der Waals surface area contributed by atoms with Gasteiger partial charge >= 0.3 is 0 Å². The molecule has 1 aliphatic rings. The molecule has 0 unspecified atom stereocenters. The molecule has 0 aliphatic heterocycles. The number of anilines is 1. The lowest BCUT2D eigenvalue weighted by Gasteiger charge is -2.29. The number of nitrogens with zero attached hydrogens (tertiary/aromatic N) is 2. The summed E-state index contributed by atoms with van der Waals surface area (Å²) in [6.07, 6.45) is 5.55. The van der Waals surface area contributed by atoms with E-state index in [1.165, 1.54) is 12.8 Å². The van der Waals surface area contributed by atoms with Gasteiger partial charge in [-0.05, 0) is 12.8 Å². The molecule has 0 saturated heterocycles. The van der Waals surface area contributed by atoms with Crippen LogP contribution in [0.4, 0.5) is 14.6 Å². The van der Waals surface area contributed by atoms with Crippen molar-refractivity contribution in [1.82, 2.24) is 4.98 Å². The van der Waals surface area contributed by atoms with Crippen molar-refractivity contribution in [2.45, 2.75) is 31.7 Å². The molecule has 0 N–H and O–H groups in total. The molecule has 1 heterocycles. The molecule has 1 aromatic heterocycles. The van der Waals surface area contributed by atoms with Crippen molar-refractivity contribution in [3.05, 3.63) is 23.9 Å². The van der Waals surface area contributed by atoms with Gasteiger partial charge in [-0.1, -0.05) is 28.8 Å². The number of hydrogen-bond donors (Lipinski definition) is 0. The minimum atomic E-state index is -0.628. The maximum atomic E-state index is 13.7. The Labute approximate surface area is 108 Å². The summed E-state index contributed by atoms with van der Waals surface area (Å²) in [4.78, 5) is 5.85. The summed E-state index contributed by atoms with van der Waals surface area (Å²) >= 11 is 3.37. The van der Waals surface area contributed by atoms with Gasteiger partial charge in [0.05, 0.1) is 6.20 Å². The number of halogens is 3. The molecule has 1 saturated carbocycles. The van der Waals surface area contributed by atoms with Crippen LogP contribution in [0.2, 0.25) is 0 Å². The van der Waals surface area contributed by atoms with Crippen LogP contribution in [0.15, 0.2) is 12.3 Å². The van der Waals surface area contributed by atoms with Crippen molar-refractivity contribution >= 4 is 21.7 Å². The Morgan fingerprint density at radius 2 is 2.06 bits per heavy atom. The molecule has 2 nitrogen and oxygen atoms in total. The molecule has 0 amide bonds. The first-order valence-electron chi connectivity index (χ1n) is 5.86. The highest BCUT2D eigenvalue weighted by Crippen LogP contribution is 2.28. The highest BCUT2D eigenvalue weighted by Gasteiger charge is 2.25. The molecule has 2 rings (SSSR count). The number of aromatic nitrogens is 1. The number of rotatable bonds is 4. The fourth-order valence-electron chi connectivity index (χ4n) is 2.39. The van der Waals surface area contributed by atoms with E-state index in [9.17, 15) is 8.78 Å². The first-order valence-corrected chi connectivity index (χ1v) is 6.98. The van der Waals surface area contributed by atoms with Gasteiger partial charge in [0, 0.05) is 24.0 Å². The molecule has 0 aromatic carbocycles. The summed E-state index contributed by atoms with van der Waals surface area (Å²) in [5.74, 6) is -0.924. The Hall–Kier alpha value is -0.710. The molecule has 94 valence electrons. The van der Waals surface area contributed by atoms with E-state index in [1.54, 1.807) is 0 Å². The van der Waals surface area contributed by atoms with Gasteiger partial charge in [0.25, 0.3) is 0 Å². The zero-order valence-electron chi connectivity index (χ0n) is 9.50. The van der Waals surface area contributed by atoms with Crippen LogP contribution in [-0.2, 0) is 0 Å². The maximum absolute atomic E-state index is 13.7. The predicted molar refractivity (Wildman–Crippen MR) is 67.5 cm³/mol. The first-order chi connectivity index (χ1) is 8.22. The molecule has 1 aliphatic carbocycles. The maximum Gasteiger partial charge on any atom is 0.168 e. The molecule has 0 bridgehead atoms. The van der Waals surface area contributed by atoms with Gasteiger partial charge in [0.15, 0.2) is 11.6 Å². The van der Waals surface area contributed by atoms with Gasteiger partial charge in [0.1, 0.15) is 5.82 Å². The second-order valence-electron chi connectivity index (χ2n) is 4.28. The SMILES string of the molecule is Fc1cnc(N(CCBr)C2CCCC2)c(F)c1. The lowest BCUT2D eigenvalue weighted by Crippen LogP contribution is -2.36. The van der Waals surface area contributed by atoms with Gasteiger partial charge in [-0.25, -0.2) is 13.8 Å². The fraction of sp³-hybridized carbons (Fsp3) is 0.583.